The first-order valence-electron chi connectivity index (χ1n) is 6.25. The van der Waals surface area contributed by atoms with Gasteiger partial charge in [-0.1, -0.05) is 19.1 Å². The average Bonchev–Trinajstić information content (AvgIpc) is 2.91. The Kier molecular flexibility index (Phi) is 4.46. The van der Waals surface area contributed by atoms with Crippen molar-refractivity contribution in [3.63, 3.8) is 0 Å². The summed E-state index contributed by atoms with van der Waals surface area (Å²) in [5.74, 6) is 0.116. The molecule has 0 fully saturated rings. The molecule has 108 valence electrons. The Balaban J connectivity index is 2.16. The second-order valence-corrected chi connectivity index (χ2v) is 6.50. The Bertz CT molecular complexity index is 625. The van der Waals surface area contributed by atoms with Crippen molar-refractivity contribution in [1.82, 2.24) is 24.7 Å². The van der Waals surface area contributed by atoms with Gasteiger partial charge in [0.15, 0.2) is 0 Å². The van der Waals surface area contributed by atoms with Crippen LogP contribution in [0, 0.1) is 5.92 Å². The molecule has 1 atom stereocenters. The van der Waals surface area contributed by atoms with E-state index >= 15 is 0 Å². The number of nitrogens with zero attached hydrogens (tertiary/aromatic N) is 4. The van der Waals surface area contributed by atoms with Crippen molar-refractivity contribution in [2.75, 3.05) is 0 Å². The number of sulfonamides is 1. The van der Waals surface area contributed by atoms with Gasteiger partial charge in [-0.15, -0.1) is 5.10 Å². The quantitative estimate of drug-likeness (QED) is 0.846. The van der Waals surface area contributed by atoms with Gasteiger partial charge in [0.25, 0.3) is 0 Å². The molecule has 0 radical (unpaired) electrons. The van der Waals surface area contributed by atoms with E-state index in [4.69, 9.17) is 0 Å². The third-order valence-electron chi connectivity index (χ3n) is 2.91. The van der Waals surface area contributed by atoms with E-state index in [0.29, 0.717) is 6.54 Å². The molecule has 2 aromatic rings. The third kappa shape index (κ3) is 3.61. The van der Waals surface area contributed by atoms with Crippen LogP contribution in [0.15, 0.2) is 41.8 Å². The summed E-state index contributed by atoms with van der Waals surface area (Å²) in [6, 6.07) is 2.83. The van der Waals surface area contributed by atoms with Gasteiger partial charge < -0.3 is 0 Å². The van der Waals surface area contributed by atoms with Crippen molar-refractivity contribution in [1.29, 1.82) is 0 Å². The molecule has 0 aliphatic heterocycles. The van der Waals surface area contributed by atoms with E-state index in [9.17, 15) is 8.42 Å². The molecule has 0 unspecified atom stereocenters. The van der Waals surface area contributed by atoms with Gasteiger partial charge in [0.1, 0.15) is 4.90 Å². The zero-order chi connectivity index (χ0) is 14.6. The van der Waals surface area contributed by atoms with E-state index in [-0.39, 0.29) is 16.9 Å². The van der Waals surface area contributed by atoms with E-state index in [1.54, 1.807) is 23.1 Å². The predicted molar refractivity (Wildman–Crippen MR) is 73.2 cm³/mol. The topological polar surface area (TPSA) is 89.8 Å². The Morgan fingerprint density at radius 2 is 2.15 bits per heavy atom. The van der Waals surface area contributed by atoms with Crippen LogP contribution in [0.3, 0.4) is 0 Å². The van der Waals surface area contributed by atoms with Crippen LogP contribution in [0.4, 0.5) is 0 Å². The molecule has 2 rings (SSSR count). The largest absolute Gasteiger partial charge is 0.263 e. The van der Waals surface area contributed by atoms with Crippen LogP contribution in [0.2, 0.25) is 0 Å². The summed E-state index contributed by atoms with van der Waals surface area (Å²) < 4.78 is 28.9. The van der Waals surface area contributed by atoms with Gasteiger partial charge in [0.05, 0.1) is 12.7 Å². The highest BCUT2D eigenvalue weighted by atomic mass is 32.2. The van der Waals surface area contributed by atoms with Gasteiger partial charge in [0.2, 0.25) is 10.0 Å². The van der Waals surface area contributed by atoms with Gasteiger partial charge in [-0.3, -0.25) is 9.67 Å². The van der Waals surface area contributed by atoms with Crippen LogP contribution < -0.4 is 4.72 Å². The van der Waals surface area contributed by atoms with Gasteiger partial charge in [0, 0.05) is 24.6 Å². The Morgan fingerprint density at radius 1 is 1.35 bits per heavy atom. The highest BCUT2D eigenvalue weighted by Crippen LogP contribution is 2.11. The molecule has 0 bridgehead atoms. The second kappa shape index (κ2) is 6.10. The van der Waals surface area contributed by atoms with Gasteiger partial charge >= 0.3 is 0 Å². The molecule has 0 spiro atoms. The summed E-state index contributed by atoms with van der Waals surface area (Å²) in [7, 11) is -3.58. The highest BCUT2D eigenvalue weighted by molar-refractivity contribution is 7.89. The summed E-state index contributed by atoms with van der Waals surface area (Å²) in [5.41, 5.74) is 0. The maximum absolute atomic E-state index is 12.3. The zero-order valence-corrected chi connectivity index (χ0v) is 12.2. The number of nitrogens with one attached hydrogen (secondary N) is 1. The number of hydrogen-bond donors (Lipinski definition) is 1. The lowest BCUT2D eigenvalue weighted by molar-refractivity contribution is 0.378. The lowest BCUT2D eigenvalue weighted by Crippen LogP contribution is -2.41. The molecule has 1 N–H and O–H groups in total. The molecule has 20 heavy (non-hydrogen) atoms. The van der Waals surface area contributed by atoms with E-state index in [1.807, 2.05) is 13.8 Å². The predicted octanol–water partition coefficient (Wildman–Crippen LogP) is 0.676. The fourth-order valence-electron chi connectivity index (χ4n) is 1.69. The molecular formula is C12H17N5O2S. The average molecular weight is 295 g/mol. The Labute approximate surface area is 118 Å². The maximum atomic E-state index is 12.3. The maximum Gasteiger partial charge on any atom is 0.242 e. The summed E-state index contributed by atoms with van der Waals surface area (Å²) in [6.45, 7) is 4.33. The number of hydrogen-bond acceptors (Lipinski definition) is 5. The molecule has 0 aromatic carbocycles. The van der Waals surface area contributed by atoms with Crippen LogP contribution in [0.1, 0.15) is 13.8 Å². The van der Waals surface area contributed by atoms with E-state index < -0.39 is 10.0 Å². The van der Waals surface area contributed by atoms with Crippen molar-refractivity contribution in [2.45, 2.75) is 31.3 Å². The molecule has 0 saturated carbocycles. The summed E-state index contributed by atoms with van der Waals surface area (Å²) in [5, 5.41) is 7.58. The highest BCUT2D eigenvalue weighted by Gasteiger charge is 2.23. The third-order valence-corrected chi connectivity index (χ3v) is 4.39. The normalized spacial score (nSPS) is 13.6. The molecule has 0 aliphatic carbocycles. The van der Waals surface area contributed by atoms with Gasteiger partial charge in [-0.05, 0) is 18.1 Å². The Hall–Kier alpha value is -1.80. The van der Waals surface area contributed by atoms with Crippen molar-refractivity contribution < 1.29 is 8.42 Å². The van der Waals surface area contributed by atoms with E-state index in [0.717, 1.165) is 0 Å². The van der Waals surface area contributed by atoms with Crippen molar-refractivity contribution >= 4 is 10.0 Å². The summed E-state index contributed by atoms with van der Waals surface area (Å²) in [4.78, 5) is 3.99. The first kappa shape index (κ1) is 14.6. The van der Waals surface area contributed by atoms with Gasteiger partial charge in [-0.25, -0.2) is 13.1 Å². The van der Waals surface area contributed by atoms with E-state index in [2.05, 4.69) is 20.0 Å². The molecule has 2 heterocycles. The fourth-order valence-corrected chi connectivity index (χ4v) is 3.03. The minimum atomic E-state index is -3.58. The smallest absolute Gasteiger partial charge is 0.242 e. The molecular weight excluding hydrogens is 278 g/mol. The number of rotatable bonds is 6. The van der Waals surface area contributed by atoms with Crippen molar-refractivity contribution in [3.8, 4) is 0 Å². The standard InChI is InChI=1S/C12H17N5O2S/c1-10(2)12(9-17-7-6-14-16-17)15-20(18,19)11-4-3-5-13-8-11/h3-8,10,12,15H,9H2,1-2H3/t12-/m0/s1. The minimum absolute atomic E-state index is 0.116. The molecule has 2 aromatic heterocycles. The van der Waals surface area contributed by atoms with Crippen LogP contribution >= 0.6 is 0 Å². The molecule has 0 saturated heterocycles. The SMILES string of the molecule is CC(C)[C@H](Cn1ccnn1)NS(=O)(=O)c1cccnc1. The first-order valence-corrected chi connectivity index (χ1v) is 7.74. The molecule has 0 amide bonds. The van der Waals surface area contributed by atoms with Crippen LogP contribution in [0.25, 0.3) is 0 Å². The number of pyridine rings is 1. The molecule has 7 nitrogen and oxygen atoms in total. The monoisotopic (exact) mass is 295 g/mol. The van der Waals surface area contributed by atoms with Gasteiger partial charge in [-0.2, -0.15) is 0 Å². The van der Waals surface area contributed by atoms with Crippen LogP contribution in [0.5, 0.6) is 0 Å². The lowest BCUT2D eigenvalue weighted by Gasteiger charge is -2.21. The zero-order valence-electron chi connectivity index (χ0n) is 11.3. The molecule has 0 aliphatic rings. The lowest BCUT2D eigenvalue weighted by atomic mass is 10.1. The van der Waals surface area contributed by atoms with Crippen LogP contribution in [-0.4, -0.2) is 34.4 Å². The number of aromatic nitrogens is 4. The Morgan fingerprint density at radius 3 is 2.70 bits per heavy atom. The van der Waals surface area contributed by atoms with Crippen molar-refractivity contribution in [2.24, 2.45) is 5.92 Å². The summed E-state index contributed by atoms with van der Waals surface area (Å²) in [6.07, 6.45) is 6.13. The van der Waals surface area contributed by atoms with Crippen LogP contribution in [-0.2, 0) is 16.6 Å². The first-order chi connectivity index (χ1) is 9.49. The minimum Gasteiger partial charge on any atom is -0.263 e. The summed E-state index contributed by atoms with van der Waals surface area (Å²) >= 11 is 0. The molecule has 8 heteroatoms. The fraction of sp³-hybridized carbons (Fsp3) is 0.417. The van der Waals surface area contributed by atoms with Crippen molar-refractivity contribution in [3.05, 3.63) is 36.9 Å². The second-order valence-electron chi connectivity index (χ2n) is 4.79. The van der Waals surface area contributed by atoms with E-state index in [1.165, 1.54) is 18.5 Å².